The Morgan fingerprint density at radius 3 is 1.33 bits per heavy atom. The molecule has 12 heteroatoms. The van der Waals surface area contributed by atoms with Gasteiger partial charge in [-0.15, -0.1) is 0 Å². The summed E-state index contributed by atoms with van der Waals surface area (Å²) in [5.41, 5.74) is 4.82. The smallest absolute Gasteiger partial charge is 0.407 e. The molecule has 0 saturated heterocycles. The molecule has 0 aromatic heterocycles. The molecule has 0 unspecified atom stereocenters. The lowest BCUT2D eigenvalue weighted by molar-refractivity contribution is -0.0228. The normalized spacial score (nSPS) is 12.3. The van der Waals surface area contributed by atoms with Gasteiger partial charge in [0.1, 0.15) is 6.61 Å². The van der Waals surface area contributed by atoms with Gasteiger partial charge in [0.2, 0.25) is 0 Å². The molecule has 0 fully saturated rings. The van der Waals surface area contributed by atoms with E-state index in [4.69, 9.17) is 42.6 Å². The van der Waals surface area contributed by atoms with E-state index in [2.05, 4.69) is 52.2 Å². The van der Waals surface area contributed by atoms with Crippen LogP contribution in [0.15, 0.2) is 48.5 Å². The lowest BCUT2D eigenvalue weighted by atomic mass is 9.98. The number of rotatable bonds is 29. The fourth-order valence-electron chi connectivity index (χ4n) is 4.71. The average molecular weight is 760 g/mol. The van der Waals surface area contributed by atoms with Gasteiger partial charge < -0.3 is 47.9 Å². The molecule has 0 saturated carbocycles. The first-order valence-electron chi connectivity index (χ1n) is 16.1. The van der Waals surface area contributed by atoms with Gasteiger partial charge in [0, 0.05) is 23.5 Å². The quantitative estimate of drug-likeness (QED) is 0.0725. The summed E-state index contributed by atoms with van der Waals surface area (Å²) in [6.45, 7) is 9.47. The zero-order chi connectivity index (χ0) is 32.3. The predicted molar refractivity (Wildman–Crippen MR) is 183 cm³/mol. The molecule has 1 N–H and O–H groups in total. The van der Waals surface area contributed by atoms with Crippen molar-refractivity contribution in [2.75, 3.05) is 123 Å². The highest BCUT2D eigenvalue weighted by molar-refractivity contribution is 14.1. The van der Waals surface area contributed by atoms with Gasteiger partial charge in [0.15, 0.2) is 0 Å². The second kappa shape index (κ2) is 26.1. The van der Waals surface area contributed by atoms with Crippen LogP contribution in [-0.4, -0.2) is 129 Å². The Balaban J connectivity index is 1.00. The third kappa shape index (κ3) is 16.3. The molecular weight excluding hydrogens is 709 g/mol. The van der Waals surface area contributed by atoms with Crippen molar-refractivity contribution >= 4 is 28.7 Å². The minimum Gasteiger partial charge on any atom is -0.449 e. The molecule has 0 atom stereocenters. The molecule has 1 amide bonds. The van der Waals surface area contributed by atoms with Gasteiger partial charge >= 0.3 is 6.09 Å². The van der Waals surface area contributed by atoms with Crippen molar-refractivity contribution in [2.45, 2.75) is 12.3 Å². The second-order valence-corrected chi connectivity index (χ2v) is 11.3. The number of alkyl halides is 1. The molecule has 258 valence electrons. The first-order chi connectivity index (χ1) is 22.8. The standard InChI is InChI=1S/C34H50INO10/c35-10-13-39-15-17-41-19-21-43-23-25-45-27-26-44-24-22-42-20-18-40-16-14-38-12-5-11-36-34(37)46-28-33-31-8-3-1-6-29(31)30-7-2-4-9-32(30)33/h1-4,6-9,33H,5,10-28H2,(H,36,37). The second-order valence-electron chi connectivity index (χ2n) is 10.2. The number of alkyl carbamates (subject to hydrolysis) is 1. The molecular formula is C34H50INO10. The monoisotopic (exact) mass is 759 g/mol. The van der Waals surface area contributed by atoms with Crippen LogP contribution in [0.2, 0.25) is 0 Å². The topological polar surface area (TPSA) is 112 Å². The SMILES string of the molecule is O=C(NCCCOCCOCCOCCOCCOCCOCCOCCOCCI)OCC1c2ccccc2-c2ccccc21. The van der Waals surface area contributed by atoms with E-state index in [1.54, 1.807) is 0 Å². The van der Waals surface area contributed by atoms with E-state index in [9.17, 15) is 4.79 Å². The molecule has 0 spiro atoms. The van der Waals surface area contributed by atoms with Crippen molar-refractivity contribution in [3.05, 3.63) is 59.7 Å². The first-order valence-corrected chi connectivity index (χ1v) is 17.6. The van der Waals surface area contributed by atoms with Crippen LogP contribution in [0.25, 0.3) is 11.1 Å². The molecule has 0 aliphatic heterocycles. The van der Waals surface area contributed by atoms with Crippen molar-refractivity contribution in [3.63, 3.8) is 0 Å². The van der Waals surface area contributed by atoms with Gasteiger partial charge in [-0.1, -0.05) is 71.1 Å². The Morgan fingerprint density at radius 2 is 0.913 bits per heavy atom. The number of carbonyl (C=O) groups excluding carboxylic acids is 1. The van der Waals surface area contributed by atoms with Gasteiger partial charge in [0.05, 0.1) is 99.1 Å². The lowest BCUT2D eigenvalue weighted by Crippen LogP contribution is -2.27. The van der Waals surface area contributed by atoms with Gasteiger partial charge in [-0.2, -0.15) is 0 Å². The number of halogens is 1. The summed E-state index contributed by atoms with van der Waals surface area (Å²) in [5.74, 6) is 0.0554. The fourth-order valence-corrected chi connectivity index (χ4v) is 5.02. The van der Waals surface area contributed by atoms with Gasteiger partial charge in [0.25, 0.3) is 0 Å². The van der Waals surface area contributed by atoms with E-state index in [0.29, 0.717) is 119 Å². The minimum atomic E-state index is -0.410. The van der Waals surface area contributed by atoms with E-state index in [0.717, 1.165) is 11.0 Å². The van der Waals surface area contributed by atoms with Crippen LogP contribution >= 0.6 is 22.6 Å². The van der Waals surface area contributed by atoms with Crippen molar-refractivity contribution in [2.24, 2.45) is 0 Å². The molecule has 2 aromatic carbocycles. The maximum absolute atomic E-state index is 12.2. The van der Waals surface area contributed by atoms with E-state index in [1.165, 1.54) is 22.3 Å². The number of ether oxygens (including phenoxy) is 9. The van der Waals surface area contributed by atoms with Crippen molar-refractivity contribution in [3.8, 4) is 11.1 Å². The van der Waals surface area contributed by atoms with Crippen LogP contribution in [0.5, 0.6) is 0 Å². The zero-order valence-electron chi connectivity index (χ0n) is 26.8. The summed E-state index contributed by atoms with van der Waals surface area (Å²) in [5, 5.41) is 2.80. The maximum Gasteiger partial charge on any atom is 0.407 e. The Labute approximate surface area is 287 Å². The summed E-state index contributed by atoms with van der Waals surface area (Å²) >= 11 is 2.28. The highest BCUT2D eigenvalue weighted by Crippen LogP contribution is 2.44. The van der Waals surface area contributed by atoms with Crippen LogP contribution < -0.4 is 5.32 Å². The molecule has 46 heavy (non-hydrogen) atoms. The number of hydrogen-bond acceptors (Lipinski definition) is 10. The van der Waals surface area contributed by atoms with E-state index < -0.39 is 6.09 Å². The molecule has 11 nitrogen and oxygen atoms in total. The van der Waals surface area contributed by atoms with Crippen LogP contribution in [0.1, 0.15) is 23.5 Å². The Morgan fingerprint density at radius 1 is 0.543 bits per heavy atom. The third-order valence-corrected chi connectivity index (χ3v) is 7.34. The Kier molecular flexibility index (Phi) is 21.9. The Hall–Kier alpha value is -1.88. The number of carbonyl (C=O) groups is 1. The number of benzene rings is 2. The van der Waals surface area contributed by atoms with Gasteiger partial charge in [-0.3, -0.25) is 0 Å². The van der Waals surface area contributed by atoms with Crippen LogP contribution in [0.3, 0.4) is 0 Å². The number of nitrogens with one attached hydrogen (secondary N) is 1. The molecule has 2 aromatic rings. The number of hydrogen-bond donors (Lipinski definition) is 1. The van der Waals surface area contributed by atoms with Gasteiger partial charge in [-0.25, -0.2) is 4.79 Å². The molecule has 0 bridgehead atoms. The number of amides is 1. The highest BCUT2D eigenvalue weighted by atomic mass is 127. The largest absolute Gasteiger partial charge is 0.449 e. The molecule has 0 radical (unpaired) electrons. The summed E-state index contributed by atoms with van der Waals surface area (Å²) in [7, 11) is 0. The average Bonchev–Trinajstić information content (AvgIpc) is 3.40. The summed E-state index contributed by atoms with van der Waals surface area (Å²) in [6.07, 6.45) is 0.281. The molecule has 0 heterocycles. The summed E-state index contributed by atoms with van der Waals surface area (Å²) < 4.78 is 50.3. The first kappa shape index (κ1) is 38.6. The lowest BCUT2D eigenvalue weighted by Gasteiger charge is -2.14. The maximum atomic E-state index is 12.2. The minimum absolute atomic E-state index is 0.0554. The van der Waals surface area contributed by atoms with Gasteiger partial charge in [-0.05, 0) is 28.7 Å². The van der Waals surface area contributed by atoms with Crippen molar-refractivity contribution < 1.29 is 47.4 Å². The molecule has 1 aliphatic rings. The van der Waals surface area contributed by atoms with E-state index >= 15 is 0 Å². The van der Waals surface area contributed by atoms with E-state index in [1.807, 2.05) is 24.3 Å². The van der Waals surface area contributed by atoms with Crippen molar-refractivity contribution in [1.29, 1.82) is 0 Å². The molecule has 3 rings (SSSR count). The van der Waals surface area contributed by atoms with Crippen molar-refractivity contribution in [1.82, 2.24) is 5.32 Å². The molecule has 1 aliphatic carbocycles. The third-order valence-electron chi connectivity index (χ3n) is 6.90. The summed E-state index contributed by atoms with van der Waals surface area (Å²) in [4.78, 5) is 12.2. The highest BCUT2D eigenvalue weighted by Gasteiger charge is 2.28. The zero-order valence-corrected chi connectivity index (χ0v) is 29.0. The van der Waals surface area contributed by atoms with Crippen LogP contribution in [0, 0.1) is 0 Å². The van der Waals surface area contributed by atoms with E-state index in [-0.39, 0.29) is 5.92 Å². The fraction of sp³-hybridized carbons (Fsp3) is 0.618. The van der Waals surface area contributed by atoms with Crippen LogP contribution in [-0.2, 0) is 42.6 Å². The number of fused-ring (bicyclic) bond motifs is 3. The Bertz CT molecular complexity index is 1020. The summed E-state index contributed by atoms with van der Waals surface area (Å²) in [6, 6.07) is 16.6. The van der Waals surface area contributed by atoms with Crippen LogP contribution in [0.4, 0.5) is 4.79 Å². The predicted octanol–water partition coefficient (Wildman–Crippen LogP) is 4.48.